The van der Waals surface area contributed by atoms with Crippen LogP contribution in [0.2, 0.25) is 0 Å². The van der Waals surface area contributed by atoms with E-state index in [4.69, 9.17) is 14.2 Å². The van der Waals surface area contributed by atoms with Gasteiger partial charge in [0.05, 0.1) is 7.11 Å². The number of nitrogens with one attached hydrogen (secondary N) is 1. The molecule has 1 aliphatic rings. The molecule has 1 amide bonds. The van der Waals surface area contributed by atoms with E-state index in [1.54, 1.807) is 0 Å². The van der Waals surface area contributed by atoms with Crippen LogP contribution < -0.4 is 14.8 Å². The lowest BCUT2D eigenvalue weighted by Gasteiger charge is -2.24. The maximum atomic E-state index is 12.9. The fourth-order valence-corrected chi connectivity index (χ4v) is 4.37. The lowest BCUT2D eigenvalue weighted by atomic mass is 9.92. The lowest BCUT2D eigenvalue weighted by molar-refractivity contribution is -0.150. The molecule has 0 bridgehead atoms. The Balaban J connectivity index is 1.49. The number of methoxy groups -OCH3 is 1. The number of ether oxygens (including phenoxy) is 3. The Labute approximate surface area is 203 Å². The van der Waals surface area contributed by atoms with Gasteiger partial charge in [-0.25, -0.2) is 9.78 Å². The van der Waals surface area contributed by atoms with Crippen molar-refractivity contribution in [2.75, 3.05) is 7.11 Å². The molecule has 1 heterocycles. The van der Waals surface area contributed by atoms with E-state index in [1.165, 1.54) is 33.2 Å². The van der Waals surface area contributed by atoms with E-state index < -0.39 is 30.0 Å². The molecule has 1 unspecified atom stereocenters. The molecule has 35 heavy (non-hydrogen) atoms. The molecular formula is C27H26N2O6. The van der Waals surface area contributed by atoms with Crippen LogP contribution in [0, 0.1) is 0 Å². The molecule has 0 aliphatic heterocycles. The molecule has 0 saturated heterocycles. The van der Waals surface area contributed by atoms with Gasteiger partial charge in [-0.3, -0.25) is 9.59 Å². The van der Waals surface area contributed by atoms with Crippen LogP contribution in [0.25, 0.3) is 11.1 Å². The van der Waals surface area contributed by atoms with Crippen LogP contribution in [0.5, 0.6) is 11.5 Å². The predicted octanol–water partition coefficient (Wildman–Crippen LogP) is 3.88. The Hall–Kier alpha value is -4.20. The number of fused-ring (bicyclic) bond motifs is 3. The summed E-state index contributed by atoms with van der Waals surface area (Å²) in [5.41, 5.74) is 4.26. The van der Waals surface area contributed by atoms with E-state index >= 15 is 0 Å². The maximum absolute atomic E-state index is 12.9. The quantitative estimate of drug-likeness (QED) is 0.518. The molecular weight excluding hydrogens is 448 g/mol. The minimum atomic E-state index is -0.977. The number of rotatable bonds is 7. The zero-order valence-electron chi connectivity index (χ0n) is 19.9. The van der Waals surface area contributed by atoms with Crippen LogP contribution in [-0.2, 0) is 14.3 Å². The number of esters is 2. The summed E-state index contributed by atoms with van der Waals surface area (Å²) in [5.74, 6) is -2.00. The number of benzene rings is 2. The number of carbonyl (C=O) groups is 3. The zero-order valence-corrected chi connectivity index (χ0v) is 19.9. The molecule has 1 aromatic heterocycles. The monoisotopic (exact) mass is 474 g/mol. The topological polar surface area (TPSA) is 104 Å². The van der Waals surface area contributed by atoms with Crippen molar-refractivity contribution in [3.8, 4) is 22.6 Å². The van der Waals surface area contributed by atoms with Gasteiger partial charge >= 0.3 is 11.9 Å². The molecule has 180 valence electrons. The van der Waals surface area contributed by atoms with Crippen molar-refractivity contribution in [3.05, 3.63) is 77.6 Å². The minimum Gasteiger partial charge on any atom is -0.493 e. The van der Waals surface area contributed by atoms with Crippen molar-refractivity contribution < 1.29 is 28.6 Å². The van der Waals surface area contributed by atoms with Crippen LogP contribution in [0.15, 0.2) is 60.8 Å². The number of hydrogen-bond donors (Lipinski definition) is 1. The summed E-state index contributed by atoms with van der Waals surface area (Å²) in [4.78, 5) is 41.3. The summed E-state index contributed by atoms with van der Waals surface area (Å²) in [5, 5.41) is 2.57. The predicted molar refractivity (Wildman–Crippen MR) is 128 cm³/mol. The first kappa shape index (κ1) is 23.9. The SMILES string of the molecule is COc1ccnc(C(=O)N[C@@H](C)C(=O)OC(C)C2c3ccccc3-c3ccccc32)c1OC(C)=O. The number of amides is 1. The summed E-state index contributed by atoms with van der Waals surface area (Å²) < 4.78 is 16.1. The molecule has 0 fully saturated rings. The van der Waals surface area contributed by atoms with Gasteiger partial charge in [0.25, 0.3) is 5.91 Å². The molecule has 1 aliphatic carbocycles. The first-order valence-corrected chi connectivity index (χ1v) is 11.2. The summed E-state index contributed by atoms with van der Waals surface area (Å²) in [6.45, 7) is 4.57. The third-order valence-electron chi connectivity index (χ3n) is 5.90. The second-order valence-corrected chi connectivity index (χ2v) is 8.27. The van der Waals surface area contributed by atoms with Gasteiger partial charge in [0.2, 0.25) is 5.75 Å². The van der Waals surface area contributed by atoms with Gasteiger partial charge in [0.15, 0.2) is 11.4 Å². The molecule has 1 N–H and O–H groups in total. The number of nitrogens with zero attached hydrogens (tertiary/aromatic N) is 1. The molecule has 3 aromatic rings. The first-order chi connectivity index (χ1) is 16.8. The standard InChI is InChI=1S/C27H26N2O6/c1-15(29-26(31)24-25(35-17(3)30)22(33-4)13-14-28-24)27(32)34-16(2)23-20-11-7-5-9-18(20)19-10-6-8-12-21(19)23/h5-16,23H,1-4H3,(H,29,31)/t15-,16?/m0/s1. The van der Waals surface area contributed by atoms with Crippen molar-refractivity contribution in [2.24, 2.45) is 0 Å². The highest BCUT2D eigenvalue weighted by molar-refractivity contribution is 5.98. The third kappa shape index (κ3) is 4.73. The molecule has 8 heteroatoms. The maximum Gasteiger partial charge on any atom is 0.328 e. The van der Waals surface area contributed by atoms with Crippen LogP contribution in [0.4, 0.5) is 0 Å². The van der Waals surface area contributed by atoms with E-state index in [2.05, 4.69) is 22.4 Å². The van der Waals surface area contributed by atoms with Gasteiger partial charge in [0, 0.05) is 25.1 Å². The number of hydrogen-bond acceptors (Lipinski definition) is 7. The molecule has 8 nitrogen and oxygen atoms in total. The van der Waals surface area contributed by atoms with Gasteiger partial charge in [-0.05, 0) is 36.1 Å². The van der Waals surface area contributed by atoms with Crippen LogP contribution in [0.1, 0.15) is 48.3 Å². The van der Waals surface area contributed by atoms with E-state index in [1.807, 2.05) is 43.3 Å². The Bertz CT molecular complexity index is 1240. The smallest absolute Gasteiger partial charge is 0.328 e. The molecule has 4 rings (SSSR count). The Morgan fingerprint density at radius 1 is 0.943 bits per heavy atom. The van der Waals surface area contributed by atoms with Crippen LogP contribution in [-0.4, -0.2) is 42.1 Å². The Kier molecular flexibility index (Phi) is 6.82. The van der Waals surface area contributed by atoms with Gasteiger partial charge in [-0.1, -0.05) is 48.5 Å². The van der Waals surface area contributed by atoms with Crippen LogP contribution in [0.3, 0.4) is 0 Å². The van der Waals surface area contributed by atoms with E-state index in [0.717, 1.165) is 22.3 Å². The average Bonchev–Trinajstić information content (AvgIpc) is 3.18. The normalized spacial score (nSPS) is 13.7. The molecule has 2 atom stereocenters. The summed E-state index contributed by atoms with van der Waals surface area (Å²) in [7, 11) is 1.38. The van der Waals surface area contributed by atoms with Crippen molar-refractivity contribution in [1.29, 1.82) is 0 Å². The van der Waals surface area contributed by atoms with Crippen molar-refractivity contribution >= 4 is 17.8 Å². The number of pyridine rings is 1. The van der Waals surface area contributed by atoms with Crippen LogP contribution >= 0.6 is 0 Å². The lowest BCUT2D eigenvalue weighted by Crippen LogP contribution is -2.41. The van der Waals surface area contributed by atoms with E-state index in [9.17, 15) is 14.4 Å². The molecule has 0 saturated carbocycles. The first-order valence-electron chi connectivity index (χ1n) is 11.2. The minimum absolute atomic E-state index is 0.117. The Morgan fingerprint density at radius 2 is 1.54 bits per heavy atom. The highest BCUT2D eigenvalue weighted by Gasteiger charge is 2.35. The van der Waals surface area contributed by atoms with E-state index in [0.29, 0.717) is 0 Å². The van der Waals surface area contributed by atoms with Crippen molar-refractivity contribution in [1.82, 2.24) is 10.3 Å². The Morgan fingerprint density at radius 3 is 2.11 bits per heavy atom. The average molecular weight is 475 g/mol. The fraction of sp³-hybridized carbons (Fsp3) is 0.259. The largest absolute Gasteiger partial charge is 0.493 e. The van der Waals surface area contributed by atoms with Gasteiger partial charge in [0.1, 0.15) is 12.1 Å². The highest BCUT2D eigenvalue weighted by atomic mass is 16.6. The second kappa shape index (κ2) is 9.97. The summed E-state index contributed by atoms with van der Waals surface area (Å²) in [6, 6.07) is 16.6. The zero-order chi connectivity index (χ0) is 25.1. The number of aromatic nitrogens is 1. The van der Waals surface area contributed by atoms with Gasteiger partial charge in [-0.2, -0.15) is 0 Å². The number of carbonyl (C=O) groups excluding carboxylic acids is 3. The van der Waals surface area contributed by atoms with E-state index in [-0.39, 0.29) is 23.1 Å². The van der Waals surface area contributed by atoms with Gasteiger partial charge in [-0.15, -0.1) is 0 Å². The van der Waals surface area contributed by atoms with Crippen molar-refractivity contribution in [3.63, 3.8) is 0 Å². The third-order valence-corrected chi connectivity index (χ3v) is 5.90. The molecule has 0 spiro atoms. The summed E-state index contributed by atoms with van der Waals surface area (Å²) in [6.07, 6.45) is 0.874. The molecule has 2 aromatic carbocycles. The second-order valence-electron chi connectivity index (χ2n) is 8.27. The fourth-order valence-electron chi connectivity index (χ4n) is 4.37. The van der Waals surface area contributed by atoms with Gasteiger partial charge < -0.3 is 19.5 Å². The highest BCUT2D eigenvalue weighted by Crippen LogP contribution is 2.46. The molecule has 0 radical (unpaired) electrons. The summed E-state index contributed by atoms with van der Waals surface area (Å²) >= 11 is 0. The van der Waals surface area contributed by atoms with Crippen molar-refractivity contribution in [2.45, 2.75) is 38.8 Å².